The average molecular weight is 250 g/mol. The summed E-state index contributed by atoms with van der Waals surface area (Å²) >= 11 is 1.07. The molecule has 3 atom stereocenters. The molecule has 1 heterocycles. The molecule has 0 aromatic rings. The molecule has 0 amide bonds. The summed E-state index contributed by atoms with van der Waals surface area (Å²) in [4.78, 5) is 0. The van der Waals surface area contributed by atoms with E-state index in [1.165, 1.54) is 0 Å². The predicted octanol–water partition coefficient (Wildman–Crippen LogP) is 2.90. The topological polar surface area (TPSA) is 18.5 Å². The maximum atomic E-state index is 7.43. The first-order valence-electron chi connectivity index (χ1n) is 6.21. The fourth-order valence-electron chi connectivity index (χ4n) is 1.90. The van der Waals surface area contributed by atoms with Crippen LogP contribution in [0.4, 0.5) is 0 Å². The van der Waals surface area contributed by atoms with Crippen LogP contribution in [0.15, 0.2) is 0 Å². The molecular weight excluding hydrogens is 226 g/mol. The van der Waals surface area contributed by atoms with Gasteiger partial charge in [0.2, 0.25) is 0 Å². The molecule has 0 spiro atoms. The Morgan fingerprint density at radius 3 is 2.73 bits per heavy atom. The molecule has 5 heteroatoms. The fourth-order valence-corrected chi connectivity index (χ4v) is 2.51. The lowest BCUT2D eigenvalue weighted by molar-refractivity contribution is 0.00108. The SMILES string of the molecule is [2H]P([B][3H])SOCC1OC(C)C(C)(C)C1(C)C. The third kappa shape index (κ3) is 2.54. The van der Waals surface area contributed by atoms with E-state index in [0.717, 1.165) is 19.2 Å². The lowest BCUT2D eigenvalue weighted by atomic mass is 9.65. The van der Waals surface area contributed by atoms with E-state index >= 15 is 0 Å². The lowest BCUT2D eigenvalue weighted by Crippen LogP contribution is -2.39. The highest BCUT2D eigenvalue weighted by atomic mass is 32.7. The van der Waals surface area contributed by atoms with E-state index < -0.39 is 7.61 Å². The summed E-state index contributed by atoms with van der Waals surface area (Å²) in [5.74, 6) is 0. The highest BCUT2D eigenvalue weighted by Crippen LogP contribution is 2.52. The van der Waals surface area contributed by atoms with Crippen LogP contribution in [0.3, 0.4) is 0 Å². The summed E-state index contributed by atoms with van der Waals surface area (Å²) in [5, 5.41) is 0. The maximum absolute atomic E-state index is 7.43. The van der Waals surface area contributed by atoms with Gasteiger partial charge in [-0.15, -0.1) is 0 Å². The van der Waals surface area contributed by atoms with Crippen molar-refractivity contribution in [1.29, 1.82) is 2.61 Å². The summed E-state index contributed by atoms with van der Waals surface area (Å²) in [6.45, 7) is 11.4. The highest BCUT2D eigenvalue weighted by Gasteiger charge is 2.54. The fraction of sp³-hybridized carbons (Fsp3) is 1.00. The molecule has 3 unspecified atom stereocenters. The Kier molecular flexibility index (Phi) is 3.60. The molecule has 15 heavy (non-hydrogen) atoms. The van der Waals surface area contributed by atoms with E-state index in [0.29, 0.717) is 6.61 Å². The molecule has 1 rings (SSSR count). The second-order valence-electron chi connectivity index (χ2n) is 5.17. The Balaban J connectivity index is 2.51. The van der Waals surface area contributed by atoms with Crippen molar-refractivity contribution in [3.05, 3.63) is 0 Å². The third-order valence-electron chi connectivity index (χ3n) is 4.17. The molecule has 1 saturated heterocycles. The Morgan fingerprint density at radius 2 is 2.27 bits per heavy atom. The number of ether oxygens (including phenoxy) is 1. The van der Waals surface area contributed by atoms with Gasteiger partial charge in [0.05, 0.1) is 20.1 Å². The van der Waals surface area contributed by atoms with E-state index in [-0.39, 0.29) is 23.0 Å². The van der Waals surface area contributed by atoms with E-state index in [4.69, 9.17) is 11.5 Å². The third-order valence-corrected chi connectivity index (χ3v) is 5.07. The van der Waals surface area contributed by atoms with Crippen molar-refractivity contribution in [2.24, 2.45) is 10.8 Å². The van der Waals surface area contributed by atoms with Gasteiger partial charge in [-0.3, -0.25) is 0 Å². The first-order chi connectivity index (χ1) is 7.73. The smallest absolute Gasteiger partial charge is 0.137 e. The maximum Gasteiger partial charge on any atom is 0.137 e. The molecule has 87 valence electrons. The van der Waals surface area contributed by atoms with Crippen molar-refractivity contribution >= 4 is 26.8 Å². The minimum atomic E-state index is -1.23. The van der Waals surface area contributed by atoms with Crippen molar-refractivity contribution in [3.63, 3.8) is 0 Å². The summed E-state index contributed by atoms with van der Waals surface area (Å²) in [6, 6.07) is 0. The van der Waals surface area contributed by atoms with Crippen LogP contribution in [0.5, 0.6) is 0 Å². The lowest BCUT2D eigenvalue weighted by Gasteiger charge is -2.37. The van der Waals surface area contributed by atoms with Gasteiger partial charge in [-0.25, -0.2) is 0 Å². The standard InChI is InChI=1S/C10H21BO2PS/c1-7-9(2,3)10(4,5)8(13-7)6-12-15-14-11/h7-8,11,14H,6H2,1-5H3/i11T,14D. The summed E-state index contributed by atoms with van der Waals surface area (Å²) in [7, 11) is -0.116. The van der Waals surface area contributed by atoms with Gasteiger partial charge in [0, 0.05) is 17.1 Å². The van der Waals surface area contributed by atoms with Gasteiger partial charge in [-0.2, -0.15) is 0 Å². The van der Waals surface area contributed by atoms with E-state index in [2.05, 4.69) is 34.6 Å². The van der Waals surface area contributed by atoms with E-state index in [9.17, 15) is 0 Å². The van der Waals surface area contributed by atoms with Gasteiger partial charge in [-0.1, -0.05) is 35.3 Å². The molecule has 0 aromatic carbocycles. The van der Waals surface area contributed by atoms with Gasteiger partial charge in [0.25, 0.3) is 0 Å². The normalized spacial score (nSPS) is 36.9. The largest absolute Gasteiger partial charge is 0.372 e. The second kappa shape index (κ2) is 4.95. The minimum absolute atomic E-state index is 0.0441. The zero-order chi connectivity index (χ0) is 13.3. The van der Waals surface area contributed by atoms with Crippen molar-refractivity contribution in [2.45, 2.75) is 46.8 Å². The monoisotopic (exact) mass is 250 g/mol. The molecule has 0 saturated carbocycles. The first kappa shape index (κ1) is 10.9. The summed E-state index contributed by atoms with van der Waals surface area (Å²) in [6.07, 6.45) is 0.255. The Hall–Kier alpha value is 0.765. The summed E-state index contributed by atoms with van der Waals surface area (Å²) < 4.78 is 25.8. The average Bonchev–Trinajstić information content (AvgIpc) is 2.39. The van der Waals surface area contributed by atoms with Crippen LogP contribution in [0, 0.1) is 10.8 Å². The number of hydrogen-bond donors (Lipinski definition) is 0. The molecule has 0 aromatic heterocycles. The van der Waals surface area contributed by atoms with Crippen LogP contribution < -0.4 is 0 Å². The predicted molar refractivity (Wildman–Crippen MR) is 70.9 cm³/mol. The van der Waals surface area contributed by atoms with E-state index in [1.807, 2.05) is 0 Å². The number of hydrogen-bond acceptors (Lipinski definition) is 3. The molecule has 1 radical (unpaired) electrons. The molecular formula is C10H21BO2PS. The van der Waals surface area contributed by atoms with Crippen molar-refractivity contribution in [3.8, 4) is 0 Å². The van der Waals surface area contributed by atoms with Gasteiger partial charge >= 0.3 is 0 Å². The Morgan fingerprint density at radius 1 is 1.60 bits per heavy atom. The Labute approximate surface area is 103 Å². The van der Waals surface area contributed by atoms with E-state index in [1.54, 1.807) is 0 Å². The molecule has 1 aliphatic rings. The first-order valence-corrected chi connectivity index (χ1v) is 7.49. The second-order valence-corrected chi connectivity index (χ2v) is 6.85. The zero-order valence-electron chi connectivity index (χ0n) is 12.1. The molecule has 0 N–H and O–H groups in total. The van der Waals surface area contributed by atoms with Crippen LogP contribution in [-0.2, 0) is 8.92 Å². The molecule has 0 aliphatic carbocycles. The Bertz CT molecular complexity index is 269. The van der Waals surface area contributed by atoms with Gasteiger partial charge in [-0.05, 0) is 13.7 Å². The van der Waals surface area contributed by atoms with Crippen molar-refractivity contribution in [2.75, 3.05) is 6.61 Å². The van der Waals surface area contributed by atoms with Crippen LogP contribution in [0.1, 0.15) is 34.6 Å². The minimum Gasteiger partial charge on any atom is -0.372 e. The molecule has 1 aliphatic heterocycles. The van der Waals surface area contributed by atoms with Crippen molar-refractivity contribution < 1.29 is 8.92 Å². The highest BCUT2D eigenvalue weighted by molar-refractivity contribution is 8.53. The molecule has 0 bridgehead atoms. The zero-order valence-corrected chi connectivity index (χ0v) is 11.8. The van der Waals surface area contributed by atoms with Crippen LogP contribution in [0.25, 0.3) is 0 Å². The molecule has 2 nitrogen and oxygen atoms in total. The molecule has 1 fully saturated rings. The van der Waals surface area contributed by atoms with Gasteiger partial charge in [0.1, 0.15) is 7.53 Å². The van der Waals surface area contributed by atoms with Crippen LogP contribution >= 0.6 is 19.3 Å². The van der Waals surface area contributed by atoms with Crippen LogP contribution in [0.2, 0.25) is 0 Å². The quantitative estimate of drug-likeness (QED) is 0.424. The van der Waals surface area contributed by atoms with Gasteiger partial charge < -0.3 is 8.92 Å². The summed E-state index contributed by atoms with van der Waals surface area (Å²) in [5.41, 5.74) is 0.154. The van der Waals surface area contributed by atoms with Crippen LogP contribution in [-0.4, -0.2) is 29.0 Å². The van der Waals surface area contributed by atoms with Crippen molar-refractivity contribution in [1.82, 2.24) is 0 Å². The number of rotatable bonds is 5. The van der Waals surface area contributed by atoms with Gasteiger partial charge in [0.15, 0.2) is 0 Å².